The molecule has 3 aliphatic rings. The molecule has 2 saturated carbocycles. The molecule has 0 aromatic heterocycles. The van der Waals surface area contributed by atoms with Gasteiger partial charge in [-0.3, -0.25) is 0 Å². The number of aliphatic hydroxyl groups is 1. The van der Waals surface area contributed by atoms with E-state index in [4.69, 9.17) is 4.74 Å². The zero-order valence-electron chi connectivity index (χ0n) is 27.4. The molecule has 2 aromatic carbocycles. The van der Waals surface area contributed by atoms with Crippen LogP contribution in [0.5, 0.6) is 5.75 Å². The van der Waals surface area contributed by atoms with Gasteiger partial charge < -0.3 is 0 Å². The number of rotatable bonds is 13. The van der Waals surface area contributed by atoms with Crippen LogP contribution in [0.15, 0.2) is 58.7 Å². The Labute approximate surface area is 265 Å². The second kappa shape index (κ2) is 14.2. The van der Waals surface area contributed by atoms with E-state index in [1.165, 1.54) is 69.4 Å². The number of aryl methyl sites for hydroxylation is 1. The molecule has 234 valence electrons. The first-order valence-corrected chi connectivity index (χ1v) is 25.3. The fourth-order valence-electron chi connectivity index (χ4n) is 9.21. The number of unbranched alkanes of at least 4 members (excludes halogenated alkanes) is 3. The molecule has 0 spiro atoms. The van der Waals surface area contributed by atoms with Crippen LogP contribution in [0.3, 0.4) is 0 Å². The van der Waals surface area contributed by atoms with E-state index < -0.39 is 24.0 Å². The molecule has 3 nitrogen and oxygen atoms in total. The zero-order valence-corrected chi connectivity index (χ0v) is 30.2. The van der Waals surface area contributed by atoms with E-state index in [0.29, 0.717) is 29.1 Å². The second-order valence-corrected chi connectivity index (χ2v) is 27.5. The van der Waals surface area contributed by atoms with Crippen LogP contribution < -0.4 is 4.74 Å². The first-order valence-electron chi connectivity index (χ1n) is 17.6. The molecule has 0 amide bonds. The van der Waals surface area contributed by atoms with Crippen LogP contribution in [0.25, 0.3) is 0 Å². The molecule has 0 unspecified atom stereocenters. The molecule has 43 heavy (non-hydrogen) atoms. The van der Waals surface area contributed by atoms with Gasteiger partial charge in [-0.25, -0.2) is 4.79 Å². The Kier molecular flexibility index (Phi) is 10.9. The number of hydrogen-bond acceptors (Lipinski definition) is 3. The summed E-state index contributed by atoms with van der Waals surface area (Å²) in [4.78, 5) is 12.7. The molecule has 1 N–H and O–H groups in total. The summed E-state index contributed by atoms with van der Waals surface area (Å²) >= 11 is -2.48. The molecule has 0 aliphatic heterocycles. The number of carbonyl (C=O) groups excluding carboxylic acids is 1. The van der Waals surface area contributed by atoms with Crippen LogP contribution >= 0.6 is 0 Å². The van der Waals surface area contributed by atoms with Crippen molar-refractivity contribution >= 4 is 24.3 Å². The molecule has 4 heteroatoms. The second-order valence-electron chi connectivity index (χ2n) is 14.5. The molecule has 0 bridgehead atoms. The van der Waals surface area contributed by atoms with E-state index >= 15 is 0 Å². The number of fused-ring (bicyclic) bond motifs is 5. The van der Waals surface area contributed by atoms with E-state index in [0.717, 1.165) is 32.1 Å². The van der Waals surface area contributed by atoms with Gasteiger partial charge in [0, 0.05) is 0 Å². The van der Waals surface area contributed by atoms with Crippen LogP contribution in [0.1, 0.15) is 126 Å². The Morgan fingerprint density at radius 1 is 0.930 bits per heavy atom. The third kappa shape index (κ3) is 6.83. The molecular weight excluding hydrogens is 635 g/mol. The zero-order chi connectivity index (χ0) is 30.5. The van der Waals surface area contributed by atoms with Crippen molar-refractivity contribution in [2.45, 2.75) is 130 Å². The van der Waals surface area contributed by atoms with Crippen molar-refractivity contribution in [3.63, 3.8) is 0 Å². The summed E-state index contributed by atoms with van der Waals surface area (Å²) in [6.07, 6.45) is 16.9. The summed E-state index contributed by atoms with van der Waals surface area (Å²) in [6, 6.07) is 15.6. The summed E-state index contributed by atoms with van der Waals surface area (Å²) in [7, 11) is 0. The minimum atomic E-state index is -2.48. The first-order chi connectivity index (χ1) is 20.8. The Balaban J connectivity index is 1.33. The Morgan fingerprint density at radius 2 is 1.60 bits per heavy atom. The van der Waals surface area contributed by atoms with Crippen LogP contribution in [-0.2, 0) is 6.42 Å². The van der Waals surface area contributed by atoms with Crippen LogP contribution in [-0.4, -0.2) is 35.1 Å². The molecule has 2 aromatic rings. The average molecular weight is 692 g/mol. The van der Waals surface area contributed by atoms with Gasteiger partial charge in [-0.2, -0.15) is 0 Å². The molecule has 0 heterocycles. The van der Waals surface area contributed by atoms with Gasteiger partial charge in [0.25, 0.3) is 0 Å². The average Bonchev–Trinajstić information content (AvgIpc) is 3.30. The van der Waals surface area contributed by atoms with Crippen molar-refractivity contribution in [1.82, 2.24) is 0 Å². The Bertz CT molecular complexity index is 1230. The molecule has 5 rings (SSSR count). The van der Waals surface area contributed by atoms with Gasteiger partial charge in [0.15, 0.2) is 0 Å². The SMILES string of the molecule is CCC[CH2][Sn](/[CH]=C\[C@]1(O)CC[C@H]2[C@@H]3CCc4cc(OC(=O)c5ccccc5)ccc4[C@H]3CC[C@@]21C)([CH2]CCC)[CH2]CCC. The van der Waals surface area contributed by atoms with Gasteiger partial charge >= 0.3 is 226 Å². The third-order valence-electron chi connectivity index (χ3n) is 11.9. The number of carbonyl (C=O) groups is 1. The number of hydrogen-bond donors (Lipinski definition) is 1. The van der Waals surface area contributed by atoms with E-state index in [1.807, 2.05) is 24.3 Å². The Hall–Kier alpha value is -1.59. The molecule has 0 saturated heterocycles. The van der Waals surface area contributed by atoms with Crippen molar-refractivity contribution in [3.8, 4) is 5.75 Å². The van der Waals surface area contributed by atoms with E-state index in [1.54, 1.807) is 12.1 Å². The maximum atomic E-state index is 12.7. The molecule has 0 radical (unpaired) electrons. The van der Waals surface area contributed by atoms with Gasteiger partial charge in [-0.05, 0) is 12.1 Å². The van der Waals surface area contributed by atoms with Gasteiger partial charge in [-0.1, -0.05) is 18.2 Å². The maximum absolute atomic E-state index is 12.7. The van der Waals surface area contributed by atoms with Crippen molar-refractivity contribution in [3.05, 3.63) is 75.4 Å². The quantitative estimate of drug-likeness (QED) is 0.129. The molecule has 5 atom stereocenters. The van der Waals surface area contributed by atoms with E-state index in [-0.39, 0.29) is 11.4 Å². The monoisotopic (exact) mass is 692 g/mol. The van der Waals surface area contributed by atoms with Crippen molar-refractivity contribution in [2.24, 2.45) is 17.3 Å². The number of ether oxygens (including phenoxy) is 1. The van der Waals surface area contributed by atoms with Crippen LogP contribution in [0, 0.1) is 17.3 Å². The summed E-state index contributed by atoms with van der Waals surface area (Å²) in [6.45, 7) is 9.47. The van der Waals surface area contributed by atoms with Crippen molar-refractivity contribution in [2.75, 3.05) is 0 Å². The van der Waals surface area contributed by atoms with Crippen LogP contribution in [0.2, 0.25) is 13.3 Å². The van der Waals surface area contributed by atoms with Crippen molar-refractivity contribution < 1.29 is 14.6 Å². The summed E-state index contributed by atoms with van der Waals surface area (Å²) in [5.41, 5.74) is 2.68. The summed E-state index contributed by atoms with van der Waals surface area (Å²) < 4.78 is 12.9. The van der Waals surface area contributed by atoms with Crippen LogP contribution in [0.4, 0.5) is 0 Å². The molecular formula is C39H56O3Sn. The number of benzene rings is 2. The summed E-state index contributed by atoms with van der Waals surface area (Å²) in [5.74, 6) is 2.09. The predicted molar refractivity (Wildman–Crippen MR) is 181 cm³/mol. The number of esters is 1. The minimum absolute atomic E-state index is 0.0365. The fraction of sp³-hybridized carbons (Fsp3) is 0.615. The van der Waals surface area contributed by atoms with Gasteiger partial charge in [0.2, 0.25) is 0 Å². The molecule has 3 aliphatic carbocycles. The Morgan fingerprint density at radius 3 is 2.26 bits per heavy atom. The topological polar surface area (TPSA) is 46.5 Å². The first kappa shape index (κ1) is 32.8. The fourth-order valence-corrected chi connectivity index (χ4v) is 23.6. The van der Waals surface area contributed by atoms with E-state index in [9.17, 15) is 9.90 Å². The van der Waals surface area contributed by atoms with Gasteiger partial charge in [0.1, 0.15) is 0 Å². The molecule has 2 fully saturated rings. The third-order valence-corrected chi connectivity index (χ3v) is 26.0. The normalized spacial score (nSPS) is 28.3. The van der Waals surface area contributed by atoms with Gasteiger partial charge in [0.05, 0.1) is 5.56 Å². The standard InChI is InChI=1S/C27H29O3.3C4H9.Sn/c1-3-27(29)16-14-24-23-11-9-19-17-20(30-25(28)18-7-5-4-6-8-18)10-12-21(19)22(23)13-15-26(24,27)2;3*1-3-4-2;/h1,3-8,10,12,17,22-24,29H,9,11,13-16H2,2H3;3*1,3-4H2,2H3;/t22-,23-,24+,26+,27+;;;;/m1..../s1. The predicted octanol–water partition coefficient (Wildman–Crippen LogP) is 10.4. The van der Waals surface area contributed by atoms with Crippen molar-refractivity contribution in [1.29, 1.82) is 0 Å². The van der Waals surface area contributed by atoms with Gasteiger partial charge in [-0.15, -0.1) is 0 Å². The summed E-state index contributed by atoms with van der Waals surface area (Å²) in [5, 5.41) is 12.5. The van der Waals surface area contributed by atoms with E-state index in [2.05, 4.69) is 50.0 Å².